The highest BCUT2D eigenvalue weighted by atomic mass is 35.5. The van der Waals surface area contributed by atoms with Gasteiger partial charge in [0.1, 0.15) is 12.4 Å². The molecule has 0 atom stereocenters. The molecule has 0 aliphatic heterocycles. The van der Waals surface area contributed by atoms with E-state index in [1.165, 1.54) is 4.88 Å². The summed E-state index contributed by atoms with van der Waals surface area (Å²) in [5.74, 6) is 0.805. The molecule has 1 N–H and O–H groups in total. The highest BCUT2D eigenvalue weighted by Crippen LogP contribution is 2.23. The van der Waals surface area contributed by atoms with E-state index in [-0.39, 0.29) is 0 Å². The number of rotatable bonds is 6. The Bertz CT molecular complexity index is 542. The van der Waals surface area contributed by atoms with Crippen LogP contribution in [-0.2, 0) is 6.42 Å². The maximum atomic E-state index is 6.14. The Kier molecular flexibility index (Phi) is 5.05. The summed E-state index contributed by atoms with van der Waals surface area (Å²) in [5, 5.41) is 4.92. The van der Waals surface area contributed by atoms with Gasteiger partial charge in [0.25, 0.3) is 0 Å². The minimum Gasteiger partial charge on any atom is -0.492 e. The average molecular weight is 297 g/mol. The number of thiazole rings is 1. The maximum Gasteiger partial charge on any atom is 0.182 e. The van der Waals surface area contributed by atoms with E-state index in [9.17, 15) is 0 Å². The minimum absolute atomic E-state index is 0.584. The van der Waals surface area contributed by atoms with Gasteiger partial charge in [-0.05, 0) is 31.0 Å². The topological polar surface area (TPSA) is 34.1 Å². The highest BCUT2D eigenvalue weighted by Gasteiger charge is 2.01. The number of halogens is 1. The Labute approximate surface area is 122 Å². The Morgan fingerprint density at radius 3 is 2.89 bits per heavy atom. The van der Waals surface area contributed by atoms with Gasteiger partial charge < -0.3 is 10.1 Å². The Morgan fingerprint density at radius 2 is 2.26 bits per heavy atom. The zero-order valence-electron chi connectivity index (χ0n) is 11.1. The molecule has 2 aromatic rings. The fraction of sp³-hybridized carbons (Fsp3) is 0.357. The van der Waals surface area contributed by atoms with Crippen molar-refractivity contribution in [3.05, 3.63) is 39.9 Å². The molecule has 0 amide bonds. The fourth-order valence-corrected chi connectivity index (χ4v) is 2.66. The Morgan fingerprint density at radius 1 is 1.42 bits per heavy atom. The number of aryl methyl sites for hydroxylation is 2. The zero-order valence-corrected chi connectivity index (χ0v) is 12.6. The van der Waals surface area contributed by atoms with Crippen LogP contribution in [0.5, 0.6) is 5.75 Å². The molecule has 2 rings (SSSR count). The molecule has 0 bridgehead atoms. The molecule has 0 radical (unpaired) electrons. The standard InChI is InChI=1S/C14H17ClN2OS/c1-3-11-4-5-12(8-13(11)15)18-7-6-16-14-17-9-10(2)19-14/h4-5,8-9H,3,6-7H2,1-2H3,(H,16,17). The van der Waals surface area contributed by atoms with Gasteiger partial charge in [0.05, 0.1) is 6.54 Å². The number of aromatic nitrogens is 1. The van der Waals surface area contributed by atoms with Gasteiger partial charge >= 0.3 is 0 Å². The number of hydrogen-bond donors (Lipinski definition) is 1. The van der Waals surface area contributed by atoms with E-state index in [0.29, 0.717) is 6.61 Å². The molecule has 102 valence electrons. The number of nitrogens with zero attached hydrogens (tertiary/aromatic N) is 1. The average Bonchev–Trinajstić information content (AvgIpc) is 2.81. The summed E-state index contributed by atoms with van der Waals surface area (Å²) in [6.45, 7) is 5.43. The van der Waals surface area contributed by atoms with Crippen molar-refractivity contribution < 1.29 is 4.74 Å². The van der Waals surface area contributed by atoms with Gasteiger partial charge in [0.2, 0.25) is 0 Å². The van der Waals surface area contributed by atoms with Crippen molar-refractivity contribution in [2.45, 2.75) is 20.3 Å². The number of anilines is 1. The minimum atomic E-state index is 0.584. The normalized spacial score (nSPS) is 10.5. The Hall–Kier alpha value is -1.26. The molecule has 0 spiro atoms. The molecule has 0 saturated heterocycles. The van der Waals surface area contributed by atoms with Crippen molar-refractivity contribution in [2.24, 2.45) is 0 Å². The first-order valence-corrected chi connectivity index (χ1v) is 7.46. The van der Waals surface area contributed by atoms with Crippen molar-refractivity contribution in [3.63, 3.8) is 0 Å². The molecule has 0 aliphatic rings. The summed E-state index contributed by atoms with van der Waals surface area (Å²) in [5.41, 5.74) is 1.14. The zero-order chi connectivity index (χ0) is 13.7. The van der Waals surface area contributed by atoms with Crippen molar-refractivity contribution >= 4 is 28.1 Å². The van der Waals surface area contributed by atoms with Gasteiger partial charge in [0.15, 0.2) is 5.13 Å². The summed E-state index contributed by atoms with van der Waals surface area (Å²) >= 11 is 7.78. The van der Waals surface area contributed by atoms with Crippen molar-refractivity contribution in [2.75, 3.05) is 18.5 Å². The van der Waals surface area contributed by atoms with Gasteiger partial charge in [-0.3, -0.25) is 0 Å². The predicted octanol–water partition coefficient (Wildman–Crippen LogP) is 4.16. The molecule has 3 nitrogen and oxygen atoms in total. The van der Waals surface area contributed by atoms with Crippen LogP contribution in [0.3, 0.4) is 0 Å². The van der Waals surface area contributed by atoms with Gasteiger partial charge in [0, 0.05) is 16.1 Å². The largest absolute Gasteiger partial charge is 0.492 e. The lowest BCUT2D eigenvalue weighted by molar-refractivity contribution is 0.333. The first kappa shape index (κ1) is 14.2. The van der Waals surface area contributed by atoms with Gasteiger partial charge in [-0.2, -0.15) is 0 Å². The number of hydrogen-bond acceptors (Lipinski definition) is 4. The van der Waals surface area contributed by atoms with Crippen LogP contribution in [0.25, 0.3) is 0 Å². The second-order valence-corrected chi connectivity index (χ2v) is 5.80. The molecular formula is C14H17ClN2OS. The van der Waals surface area contributed by atoms with Crippen LogP contribution in [0.15, 0.2) is 24.4 Å². The lowest BCUT2D eigenvalue weighted by Crippen LogP contribution is -2.11. The van der Waals surface area contributed by atoms with Crippen molar-refractivity contribution in [1.82, 2.24) is 4.98 Å². The van der Waals surface area contributed by atoms with Crippen LogP contribution in [-0.4, -0.2) is 18.1 Å². The quantitative estimate of drug-likeness (QED) is 0.813. The number of nitrogens with one attached hydrogen (secondary N) is 1. The summed E-state index contributed by atoms with van der Waals surface area (Å²) in [4.78, 5) is 5.43. The second kappa shape index (κ2) is 6.78. The third kappa shape index (κ3) is 4.11. The second-order valence-electron chi connectivity index (χ2n) is 4.16. The maximum absolute atomic E-state index is 6.14. The lowest BCUT2D eigenvalue weighted by Gasteiger charge is -2.08. The van der Waals surface area contributed by atoms with E-state index in [2.05, 4.69) is 17.2 Å². The molecule has 0 aliphatic carbocycles. The lowest BCUT2D eigenvalue weighted by atomic mass is 10.2. The van der Waals surface area contributed by atoms with Crippen LogP contribution >= 0.6 is 22.9 Å². The molecule has 1 heterocycles. The van der Waals surface area contributed by atoms with Crippen LogP contribution in [0, 0.1) is 6.92 Å². The first-order chi connectivity index (χ1) is 9.19. The predicted molar refractivity (Wildman–Crippen MR) is 81.7 cm³/mol. The number of ether oxygens (including phenoxy) is 1. The third-order valence-electron chi connectivity index (χ3n) is 2.67. The van der Waals surface area contributed by atoms with Crippen LogP contribution in [0.4, 0.5) is 5.13 Å². The van der Waals surface area contributed by atoms with E-state index in [0.717, 1.165) is 34.4 Å². The van der Waals surface area contributed by atoms with Gasteiger partial charge in [-0.1, -0.05) is 24.6 Å². The van der Waals surface area contributed by atoms with Crippen molar-refractivity contribution in [3.8, 4) is 5.75 Å². The van der Waals surface area contributed by atoms with Crippen molar-refractivity contribution in [1.29, 1.82) is 0 Å². The highest BCUT2D eigenvalue weighted by molar-refractivity contribution is 7.15. The molecule has 19 heavy (non-hydrogen) atoms. The number of benzene rings is 1. The van der Waals surface area contributed by atoms with E-state index in [1.807, 2.05) is 31.3 Å². The third-order valence-corrected chi connectivity index (χ3v) is 3.90. The molecule has 0 saturated carbocycles. The monoisotopic (exact) mass is 296 g/mol. The van der Waals surface area contributed by atoms with E-state index in [4.69, 9.17) is 16.3 Å². The summed E-state index contributed by atoms with van der Waals surface area (Å²) in [6.07, 6.45) is 2.79. The summed E-state index contributed by atoms with van der Waals surface area (Å²) < 4.78 is 5.64. The smallest absolute Gasteiger partial charge is 0.182 e. The Balaban J connectivity index is 1.78. The summed E-state index contributed by atoms with van der Waals surface area (Å²) in [6, 6.07) is 5.83. The van der Waals surface area contributed by atoms with Gasteiger partial charge in [-0.25, -0.2) is 4.98 Å². The van der Waals surface area contributed by atoms with E-state index < -0.39 is 0 Å². The van der Waals surface area contributed by atoms with E-state index in [1.54, 1.807) is 11.3 Å². The van der Waals surface area contributed by atoms with Gasteiger partial charge in [-0.15, -0.1) is 11.3 Å². The molecule has 0 fully saturated rings. The molecule has 5 heteroatoms. The molecular weight excluding hydrogens is 280 g/mol. The van der Waals surface area contributed by atoms with Crippen LogP contribution in [0.2, 0.25) is 5.02 Å². The molecule has 0 unspecified atom stereocenters. The summed E-state index contributed by atoms with van der Waals surface area (Å²) in [7, 11) is 0. The molecule has 1 aromatic carbocycles. The van der Waals surface area contributed by atoms with E-state index >= 15 is 0 Å². The molecule has 1 aromatic heterocycles. The SMILES string of the molecule is CCc1ccc(OCCNc2ncc(C)s2)cc1Cl. The van der Waals surface area contributed by atoms with Crippen LogP contribution < -0.4 is 10.1 Å². The first-order valence-electron chi connectivity index (χ1n) is 6.26. The fourth-order valence-electron chi connectivity index (χ4n) is 1.67. The van der Waals surface area contributed by atoms with Crippen LogP contribution in [0.1, 0.15) is 17.4 Å².